The molecule has 164 valence electrons. The Labute approximate surface area is 187 Å². The number of aliphatic hydroxyl groups excluding tert-OH is 1. The van der Waals surface area contributed by atoms with Gasteiger partial charge in [-0.15, -0.1) is 0 Å². The van der Waals surface area contributed by atoms with Crippen molar-refractivity contribution in [2.45, 2.75) is 12.8 Å². The van der Waals surface area contributed by atoms with E-state index < -0.39 is 0 Å². The molecule has 0 saturated heterocycles. The van der Waals surface area contributed by atoms with E-state index in [0.29, 0.717) is 55.4 Å². The summed E-state index contributed by atoms with van der Waals surface area (Å²) in [5, 5.41) is 15.1. The summed E-state index contributed by atoms with van der Waals surface area (Å²) in [4.78, 5) is 21.3. The summed E-state index contributed by atoms with van der Waals surface area (Å²) < 4.78 is 11.3. The molecule has 0 aliphatic carbocycles. The molecule has 0 bridgehead atoms. The summed E-state index contributed by atoms with van der Waals surface area (Å²) in [6, 6.07) is 3.81. The van der Waals surface area contributed by atoms with Crippen molar-refractivity contribution >= 4 is 25.3 Å². The predicted molar refractivity (Wildman–Crippen MR) is 121 cm³/mol. The van der Waals surface area contributed by atoms with E-state index in [2.05, 4.69) is 42.5 Å². The van der Waals surface area contributed by atoms with Gasteiger partial charge in [-0.2, -0.15) is 13.5 Å². The third kappa shape index (κ3) is 5.50. The van der Waals surface area contributed by atoms with Gasteiger partial charge in [0.05, 0.1) is 12.3 Å². The number of aromatic nitrogens is 5. The number of aliphatic hydroxyl groups is 1. The molecule has 4 heterocycles. The van der Waals surface area contributed by atoms with E-state index >= 15 is 0 Å². The van der Waals surface area contributed by atoms with Crippen molar-refractivity contribution in [1.29, 1.82) is 0 Å². The Kier molecular flexibility index (Phi) is 7.79. The Morgan fingerprint density at radius 3 is 2.68 bits per heavy atom. The molecule has 0 spiro atoms. The zero-order valence-corrected chi connectivity index (χ0v) is 18.1. The summed E-state index contributed by atoms with van der Waals surface area (Å²) in [6.07, 6.45) is 6.61. The highest BCUT2D eigenvalue weighted by Crippen LogP contribution is 2.35. The van der Waals surface area contributed by atoms with Gasteiger partial charge in [0.2, 0.25) is 5.95 Å². The molecule has 10 nitrogen and oxygen atoms in total. The highest BCUT2D eigenvalue weighted by molar-refractivity contribution is 7.59. The molecule has 0 unspecified atom stereocenters. The first-order chi connectivity index (χ1) is 14.7. The van der Waals surface area contributed by atoms with Crippen LogP contribution in [0.25, 0.3) is 11.3 Å². The van der Waals surface area contributed by atoms with E-state index in [0.717, 1.165) is 11.1 Å². The van der Waals surface area contributed by atoms with Crippen LogP contribution in [0, 0.1) is 0 Å². The lowest BCUT2D eigenvalue weighted by Crippen LogP contribution is -2.19. The van der Waals surface area contributed by atoms with E-state index in [1.165, 1.54) is 6.33 Å². The van der Waals surface area contributed by atoms with Gasteiger partial charge < -0.3 is 25.2 Å². The Morgan fingerprint density at radius 2 is 1.87 bits per heavy atom. The second-order valence-corrected chi connectivity index (χ2v) is 6.75. The van der Waals surface area contributed by atoms with Gasteiger partial charge in [0.15, 0.2) is 5.75 Å². The Bertz CT molecular complexity index is 991. The zero-order chi connectivity index (χ0) is 20.8. The standard InChI is InChI=1S/C20H23N7O3.H2S/c1-13(15-2-3-21-19-18(15)29-6-7-30-19)9-23-17-8-16(26-12-27-17)14-10-24-20(25-11-14)22-4-5-28;/h2-3,8,10-13,28H,4-7,9H2,1H3,(H,22,24,25)(H,23,26,27);1H2/t13-;/m1./s1. The SMILES string of the molecule is C[C@H](CNc1cc(-c2cnc(NCCO)nc2)ncn1)c1ccnc2c1OCCO2.S. The minimum Gasteiger partial charge on any atom is -0.484 e. The fourth-order valence-electron chi connectivity index (χ4n) is 3.06. The van der Waals surface area contributed by atoms with Crippen molar-refractivity contribution in [3.05, 3.63) is 42.6 Å². The predicted octanol–water partition coefficient (Wildman–Crippen LogP) is 1.83. The van der Waals surface area contributed by atoms with Crippen LogP contribution in [0.3, 0.4) is 0 Å². The molecule has 31 heavy (non-hydrogen) atoms. The average molecular weight is 444 g/mol. The minimum absolute atomic E-state index is 0. The molecule has 1 atom stereocenters. The number of hydrogen-bond acceptors (Lipinski definition) is 10. The molecule has 0 amide bonds. The molecule has 0 saturated carbocycles. The molecule has 1 aliphatic rings. The van der Waals surface area contributed by atoms with Gasteiger partial charge in [-0.1, -0.05) is 6.92 Å². The number of nitrogens with one attached hydrogen (secondary N) is 2. The summed E-state index contributed by atoms with van der Waals surface area (Å²) in [5.41, 5.74) is 2.53. The Balaban J connectivity index is 0.00000272. The van der Waals surface area contributed by atoms with Gasteiger partial charge in [-0.25, -0.2) is 24.9 Å². The summed E-state index contributed by atoms with van der Waals surface area (Å²) in [6.45, 7) is 4.22. The van der Waals surface area contributed by atoms with Gasteiger partial charge in [-0.3, -0.25) is 0 Å². The lowest BCUT2D eigenvalue weighted by molar-refractivity contribution is 0.162. The third-order valence-electron chi connectivity index (χ3n) is 4.60. The monoisotopic (exact) mass is 443 g/mol. The number of pyridine rings is 1. The lowest BCUT2D eigenvalue weighted by Gasteiger charge is -2.22. The van der Waals surface area contributed by atoms with Crippen LogP contribution < -0.4 is 20.1 Å². The molecule has 4 rings (SSSR count). The van der Waals surface area contributed by atoms with Gasteiger partial charge in [0.1, 0.15) is 25.4 Å². The van der Waals surface area contributed by atoms with Crippen LogP contribution in [0.4, 0.5) is 11.8 Å². The smallest absolute Gasteiger partial charge is 0.257 e. The third-order valence-corrected chi connectivity index (χ3v) is 4.60. The van der Waals surface area contributed by atoms with Crippen molar-refractivity contribution in [1.82, 2.24) is 24.9 Å². The summed E-state index contributed by atoms with van der Waals surface area (Å²) in [5.74, 6) is 2.58. The van der Waals surface area contributed by atoms with Crippen LogP contribution in [-0.4, -0.2) is 62.9 Å². The van der Waals surface area contributed by atoms with Gasteiger partial charge in [0.25, 0.3) is 5.88 Å². The highest BCUT2D eigenvalue weighted by atomic mass is 32.1. The van der Waals surface area contributed by atoms with Crippen molar-refractivity contribution in [3.63, 3.8) is 0 Å². The fraction of sp³-hybridized carbons (Fsp3) is 0.350. The maximum atomic E-state index is 8.85. The molecular weight excluding hydrogens is 418 g/mol. The maximum absolute atomic E-state index is 8.85. The first-order valence-electron chi connectivity index (χ1n) is 9.72. The fourth-order valence-corrected chi connectivity index (χ4v) is 3.06. The Morgan fingerprint density at radius 1 is 1.06 bits per heavy atom. The van der Waals surface area contributed by atoms with Crippen LogP contribution >= 0.6 is 13.5 Å². The topological polar surface area (TPSA) is 127 Å². The zero-order valence-electron chi connectivity index (χ0n) is 17.1. The van der Waals surface area contributed by atoms with Gasteiger partial charge in [0, 0.05) is 54.8 Å². The second-order valence-electron chi connectivity index (χ2n) is 6.75. The van der Waals surface area contributed by atoms with Crippen molar-refractivity contribution < 1.29 is 14.6 Å². The van der Waals surface area contributed by atoms with Crippen LogP contribution in [0.5, 0.6) is 11.6 Å². The molecule has 0 aromatic carbocycles. The number of ether oxygens (including phenoxy) is 2. The molecule has 3 aromatic heterocycles. The number of anilines is 2. The summed E-state index contributed by atoms with van der Waals surface area (Å²) >= 11 is 0. The number of fused-ring (bicyclic) bond motifs is 1. The Hall–Kier alpha value is -3.18. The van der Waals surface area contributed by atoms with Crippen molar-refractivity contribution in [2.75, 3.05) is 43.5 Å². The van der Waals surface area contributed by atoms with E-state index in [4.69, 9.17) is 14.6 Å². The first-order valence-corrected chi connectivity index (χ1v) is 9.72. The van der Waals surface area contributed by atoms with E-state index in [1.807, 2.05) is 12.1 Å². The van der Waals surface area contributed by atoms with E-state index in [-0.39, 0.29) is 26.0 Å². The van der Waals surface area contributed by atoms with Gasteiger partial charge >= 0.3 is 0 Å². The molecule has 11 heteroatoms. The average Bonchev–Trinajstić information content (AvgIpc) is 2.81. The second kappa shape index (κ2) is 10.7. The minimum atomic E-state index is 0. The molecule has 3 aromatic rings. The van der Waals surface area contributed by atoms with Crippen molar-refractivity contribution in [2.24, 2.45) is 0 Å². The van der Waals surface area contributed by atoms with E-state index in [9.17, 15) is 0 Å². The van der Waals surface area contributed by atoms with Crippen LogP contribution in [0.1, 0.15) is 18.4 Å². The number of rotatable bonds is 8. The molecular formula is C20H25N7O3S. The number of hydrogen-bond donors (Lipinski definition) is 3. The van der Waals surface area contributed by atoms with Crippen LogP contribution in [0.15, 0.2) is 37.1 Å². The van der Waals surface area contributed by atoms with Crippen LogP contribution in [0.2, 0.25) is 0 Å². The first kappa shape index (κ1) is 22.5. The number of nitrogens with zero attached hydrogens (tertiary/aromatic N) is 5. The largest absolute Gasteiger partial charge is 0.484 e. The van der Waals surface area contributed by atoms with Crippen LogP contribution in [-0.2, 0) is 0 Å². The normalized spacial score (nSPS) is 13.1. The molecule has 0 radical (unpaired) electrons. The lowest BCUT2D eigenvalue weighted by atomic mass is 10.0. The van der Waals surface area contributed by atoms with E-state index in [1.54, 1.807) is 18.6 Å². The quantitative estimate of drug-likeness (QED) is 0.474. The highest BCUT2D eigenvalue weighted by Gasteiger charge is 2.20. The summed E-state index contributed by atoms with van der Waals surface area (Å²) in [7, 11) is 0. The molecule has 3 N–H and O–H groups in total. The van der Waals surface area contributed by atoms with Crippen molar-refractivity contribution in [3.8, 4) is 22.9 Å². The maximum Gasteiger partial charge on any atom is 0.257 e. The molecule has 1 aliphatic heterocycles. The molecule has 0 fully saturated rings. The van der Waals surface area contributed by atoms with Gasteiger partial charge in [-0.05, 0) is 6.07 Å².